The predicted molar refractivity (Wildman–Crippen MR) is 109 cm³/mol. The number of nitrogens with one attached hydrogen (secondary N) is 2. The Bertz CT molecular complexity index is 1020. The Morgan fingerprint density at radius 3 is 2.61 bits per heavy atom. The minimum absolute atomic E-state index is 0.0341. The Morgan fingerprint density at radius 2 is 1.93 bits per heavy atom. The van der Waals surface area contributed by atoms with Crippen LogP contribution in [0.3, 0.4) is 0 Å². The number of carbonyl (C=O) groups is 1. The van der Waals surface area contributed by atoms with Crippen molar-refractivity contribution in [1.29, 1.82) is 0 Å². The Morgan fingerprint density at radius 1 is 1.14 bits per heavy atom. The minimum atomic E-state index is -0.468. The van der Waals surface area contributed by atoms with Crippen LogP contribution in [0.15, 0.2) is 48.5 Å². The lowest BCUT2D eigenvalue weighted by molar-refractivity contribution is -0.124. The van der Waals surface area contributed by atoms with E-state index in [1.165, 1.54) is 12.8 Å². The van der Waals surface area contributed by atoms with Gasteiger partial charge in [-0.15, -0.1) is 0 Å². The van der Waals surface area contributed by atoms with E-state index in [9.17, 15) is 4.79 Å². The monoisotopic (exact) mass is 392 g/mol. The molecule has 2 fully saturated rings. The minimum Gasteiger partial charge on any atom is -0.325 e. The molecule has 0 saturated heterocycles. The molecule has 0 unspecified atom stereocenters. The quantitative estimate of drug-likeness (QED) is 0.637. The summed E-state index contributed by atoms with van der Waals surface area (Å²) in [6.07, 6.45) is 5.11. The zero-order chi connectivity index (χ0) is 19.1. The van der Waals surface area contributed by atoms with Crippen molar-refractivity contribution < 1.29 is 4.79 Å². The largest absolute Gasteiger partial charge is 0.325 e. The zero-order valence-electron chi connectivity index (χ0n) is 15.4. The number of anilines is 1. The third kappa shape index (κ3) is 3.10. The summed E-state index contributed by atoms with van der Waals surface area (Å²) in [5.74, 6) is 2.20. The average molecular weight is 393 g/mol. The molecule has 2 N–H and O–H groups in total. The summed E-state index contributed by atoms with van der Waals surface area (Å²) in [6.45, 7) is 0. The van der Waals surface area contributed by atoms with Crippen molar-refractivity contribution in [2.45, 2.75) is 43.4 Å². The fourth-order valence-corrected chi connectivity index (χ4v) is 4.00. The molecule has 1 aromatic heterocycles. The van der Waals surface area contributed by atoms with E-state index < -0.39 is 5.41 Å². The standard InChI is InChI=1S/C22H21ClN4O/c23-17-9-7-16(8-10-17)22(11-2-12-22)21(28)24-18-4-1-3-15(13-18)20-25-19(26-27-20)14-5-6-14/h1,3-4,7-10,13-14H,2,5-6,11-12H2,(H,24,28)(H,25,26,27). The average Bonchev–Trinajstić information content (AvgIpc) is 3.39. The Balaban J connectivity index is 1.37. The number of hydrogen-bond donors (Lipinski definition) is 2. The third-order valence-electron chi connectivity index (χ3n) is 5.88. The molecule has 0 aliphatic heterocycles. The number of benzene rings is 2. The molecule has 3 aromatic rings. The number of hydrogen-bond acceptors (Lipinski definition) is 3. The molecule has 5 nitrogen and oxygen atoms in total. The number of aromatic amines is 1. The van der Waals surface area contributed by atoms with E-state index in [1.807, 2.05) is 48.5 Å². The van der Waals surface area contributed by atoms with E-state index in [4.69, 9.17) is 11.6 Å². The number of nitrogens with zero attached hydrogens (tertiary/aromatic N) is 2. The molecule has 0 atom stereocenters. The Hall–Kier alpha value is -2.66. The van der Waals surface area contributed by atoms with Crippen molar-refractivity contribution in [3.63, 3.8) is 0 Å². The molecule has 1 heterocycles. The molecule has 1 amide bonds. The molecule has 5 rings (SSSR count). The second kappa shape index (κ2) is 6.74. The zero-order valence-corrected chi connectivity index (χ0v) is 16.2. The summed E-state index contributed by atoms with van der Waals surface area (Å²) in [5.41, 5.74) is 2.22. The van der Waals surface area contributed by atoms with Gasteiger partial charge in [0.1, 0.15) is 5.82 Å². The summed E-state index contributed by atoms with van der Waals surface area (Å²) >= 11 is 6.02. The van der Waals surface area contributed by atoms with Crippen LogP contribution >= 0.6 is 11.6 Å². The second-order valence-electron chi connectivity index (χ2n) is 7.80. The third-order valence-corrected chi connectivity index (χ3v) is 6.14. The predicted octanol–water partition coefficient (Wildman–Crippen LogP) is 5.06. The summed E-state index contributed by atoms with van der Waals surface area (Å²) in [4.78, 5) is 17.8. The topological polar surface area (TPSA) is 70.7 Å². The van der Waals surface area contributed by atoms with Crippen LogP contribution in [0, 0.1) is 0 Å². The van der Waals surface area contributed by atoms with Crippen molar-refractivity contribution >= 4 is 23.2 Å². The van der Waals surface area contributed by atoms with Crippen LogP contribution in [0.25, 0.3) is 11.4 Å². The molecule has 142 valence electrons. The molecule has 28 heavy (non-hydrogen) atoms. The second-order valence-corrected chi connectivity index (χ2v) is 8.23. The first-order valence-electron chi connectivity index (χ1n) is 9.74. The van der Waals surface area contributed by atoms with Gasteiger partial charge < -0.3 is 5.32 Å². The van der Waals surface area contributed by atoms with E-state index in [0.29, 0.717) is 16.8 Å². The summed E-state index contributed by atoms with van der Waals surface area (Å²) in [5, 5.41) is 11.2. The van der Waals surface area contributed by atoms with Crippen LogP contribution in [0.1, 0.15) is 49.4 Å². The Labute approximate surface area is 168 Å². The van der Waals surface area contributed by atoms with Crippen LogP contribution in [-0.2, 0) is 10.2 Å². The van der Waals surface area contributed by atoms with Crippen molar-refractivity contribution in [2.75, 3.05) is 5.32 Å². The van der Waals surface area contributed by atoms with Gasteiger partial charge in [0.25, 0.3) is 0 Å². The van der Waals surface area contributed by atoms with E-state index in [-0.39, 0.29) is 5.91 Å². The van der Waals surface area contributed by atoms with Crippen molar-refractivity contribution in [2.24, 2.45) is 0 Å². The molecule has 0 bridgehead atoms. The van der Waals surface area contributed by atoms with Gasteiger partial charge in [0, 0.05) is 22.2 Å². The number of amides is 1. The first kappa shape index (κ1) is 17.4. The number of H-pyrrole nitrogens is 1. The molecule has 2 saturated carbocycles. The number of aromatic nitrogens is 3. The van der Waals surface area contributed by atoms with Gasteiger partial charge in [0.05, 0.1) is 5.41 Å². The maximum Gasteiger partial charge on any atom is 0.235 e. The fraction of sp³-hybridized carbons (Fsp3) is 0.318. The van der Waals surface area contributed by atoms with Crippen LogP contribution in [-0.4, -0.2) is 21.1 Å². The van der Waals surface area contributed by atoms with Gasteiger partial charge in [0.2, 0.25) is 5.91 Å². The van der Waals surface area contributed by atoms with Gasteiger partial charge in [-0.3, -0.25) is 9.89 Å². The lowest BCUT2D eigenvalue weighted by atomic mass is 9.64. The Kier molecular flexibility index (Phi) is 4.20. The molecule has 0 spiro atoms. The van der Waals surface area contributed by atoms with Crippen LogP contribution in [0.4, 0.5) is 5.69 Å². The normalized spacial score (nSPS) is 17.8. The van der Waals surface area contributed by atoms with Gasteiger partial charge in [0.15, 0.2) is 5.82 Å². The number of carbonyl (C=O) groups excluding carboxylic acids is 1. The lowest BCUT2D eigenvalue weighted by Crippen LogP contribution is -2.46. The van der Waals surface area contributed by atoms with E-state index in [2.05, 4.69) is 20.5 Å². The number of rotatable bonds is 5. The highest BCUT2D eigenvalue weighted by Gasteiger charge is 2.45. The SMILES string of the molecule is O=C(Nc1cccc(-c2n[nH]c(C3CC3)n2)c1)C1(c2ccc(Cl)cc2)CCC1. The molecular weight excluding hydrogens is 372 g/mol. The smallest absolute Gasteiger partial charge is 0.235 e. The molecule has 6 heteroatoms. The molecule has 2 aliphatic rings. The summed E-state index contributed by atoms with van der Waals surface area (Å²) in [7, 11) is 0. The fourth-order valence-electron chi connectivity index (χ4n) is 3.88. The lowest BCUT2D eigenvalue weighted by Gasteiger charge is -2.40. The number of halogens is 1. The maximum absolute atomic E-state index is 13.2. The van der Waals surface area contributed by atoms with Crippen molar-refractivity contribution in [3.8, 4) is 11.4 Å². The van der Waals surface area contributed by atoms with Crippen molar-refractivity contribution in [1.82, 2.24) is 15.2 Å². The van der Waals surface area contributed by atoms with Gasteiger partial charge in [-0.2, -0.15) is 5.10 Å². The molecular formula is C22H21ClN4O. The first-order chi connectivity index (χ1) is 13.6. The summed E-state index contributed by atoms with van der Waals surface area (Å²) in [6, 6.07) is 15.4. The highest BCUT2D eigenvalue weighted by Crippen LogP contribution is 2.45. The molecule has 0 radical (unpaired) electrons. The van der Waals surface area contributed by atoms with Gasteiger partial charge in [-0.1, -0.05) is 42.3 Å². The van der Waals surface area contributed by atoms with Crippen LogP contribution < -0.4 is 5.32 Å². The molecule has 2 aromatic carbocycles. The van der Waals surface area contributed by atoms with Gasteiger partial charge >= 0.3 is 0 Å². The van der Waals surface area contributed by atoms with Crippen LogP contribution in [0.2, 0.25) is 5.02 Å². The van der Waals surface area contributed by atoms with Gasteiger partial charge in [-0.05, 0) is 55.5 Å². The van der Waals surface area contributed by atoms with Gasteiger partial charge in [-0.25, -0.2) is 4.98 Å². The van der Waals surface area contributed by atoms with E-state index in [0.717, 1.165) is 41.9 Å². The first-order valence-corrected chi connectivity index (χ1v) is 10.1. The van der Waals surface area contributed by atoms with E-state index >= 15 is 0 Å². The highest BCUT2D eigenvalue weighted by molar-refractivity contribution is 6.30. The molecule has 2 aliphatic carbocycles. The maximum atomic E-state index is 13.2. The summed E-state index contributed by atoms with van der Waals surface area (Å²) < 4.78 is 0. The van der Waals surface area contributed by atoms with Crippen molar-refractivity contribution in [3.05, 3.63) is 64.9 Å². The highest BCUT2D eigenvalue weighted by atomic mass is 35.5. The van der Waals surface area contributed by atoms with E-state index in [1.54, 1.807) is 0 Å². The van der Waals surface area contributed by atoms with Crippen LogP contribution in [0.5, 0.6) is 0 Å².